The van der Waals surface area contributed by atoms with Crippen molar-refractivity contribution < 1.29 is 4.79 Å². The summed E-state index contributed by atoms with van der Waals surface area (Å²) in [4.78, 5) is 11.0. The summed E-state index contributed by atoms with van der Waals surface area (Å²) in [5, 5.41) is 5.57. The van der Waals surface area contributed by atoms with Gasteiger partial charge in [-0.15, -0.1) is 0 Å². The van der Waals surface area contributed by atoms with Gasteiger partial charge < -0.3 is 10.6 Å². The third-order valence-corrected chi connectivity index (χ3v) is 2.97. The number of nitrogens with one attached hydrogen (secondary N) is 2. The molecule has 1 unspecified atom stereocenters. The molecule has 1 atom stereocenters. The molecule has 1 fully saturated rings. The lowest BCUT2D eigenvalue weighted by molar-refractivity contribution is 0.229. The molecule has 3 heteroatoms. The predicted octanol–water partition coefficient (Wildman–Crippen LogP) is 1.76. The lowest BCUT2D eigenvalue weighted by Gasteiger charge is -2.30. The van der Waals surface area contributed by atoms with Crippen molar-refractivity contribution in [3.63, 3.8) is 0 Å². The van der Waals surface area contributed by atoms with Gasteiger partial charge in [-0.2, -0.15) is 0 Å². The number of amides is 2. The molecule has 2 N–H and O–H groups in total. The van der Waals surface area contributed by atoms with E-state index in [0.29, 0.717) is 5.92 Å². The van der Waals surface area contributed by atoms with E-state index in [1.807, 2.05) is 0 Å². The molecule has 0 aromatic carbocycles. The fourth-order valence-electron chi connectivity index (χ4n) is 2.24. The molecule has 0 aromatic heterocycles. The van der Waals surface area contributed by atoms with Crippen molar-refractivity contribution in [1.29, 1.82) is 0 Å². The molecule has 1 aliphatic heterocycles. The zero-order chi connectivity index (χ0) is 9.10. The molecule has 2 rings (SSSR count). The van der Waals surface area contributed by atoms with Gasteiger partial charge in [-0.1, -0.05) is 19.3 Å². The van der Waals surface area contributed by atoms with E-state index in [4.69, 9.17) is 0 Å². The van der Waals surface area contributed by atoms with E-state index in [-0.39, 0.29) is 12.1 Å². The summed E-state index contributed by atoms with van der Waals surface area (Å²) in [5.74, 6) is 0.663. The highest BCUT2D eigenvalue weighted by molar-refractivity contribution is 5.76. The second kappa shape index (κ2) is 3.81. The highest BCUT2D eigenvalue weighted by Crippen LogP contribution is 2.27. The first-order chi connectivity index (χ1) is 6.36. The summed E-state index contributed by atoms with van der Waals surface area (Å²) in [6.45, 7) is 0. The van der Waals surface area contributed by atoms with Crippen molar-refractivity contribution in [1.82, 2.24) is 10.6 Å². The summed E-state index contributed by atoms with van der Waals surface area (Å²) in [7, 11) is 0. The van der Waals surface area contributed by atoms with Gasteiger partial charge in [-0.3, -0.25) is 0 Å². The number of hydrogen-bond acceptors (Lipinski definition) is 1. The fourth-order valence-corrected chi connectivity index (χ4v) is 2.24. The van der Waals surface area contributed by atoms with Gasteiger partial charge in [-0.25, -0.2) is 4.79 Å². The number of carbonyl (C=O) groups excluding carboxylic acids is 1. The first kappa shape index (κ1) is 8.60. The molecule has 0 radical (unpaired) electrons. The normalized spacial score (nSPS) is 29.5. The van der Waals surface area contributed by atoms with E-state index in [0.717, 1.165) is 0 Å². The number of carbonyl (C=O) groups is 1. The van der Waals surface area contributed by atoms with Crippen LogP contribution >= 0.6 is 0 Å². The van der Waals surface area contributed by atoms with E-state index in [1.54, 1.807) is 6.20 Å². The average Bonchev–Trinajstić information content (AvgIpc) is 2.19. The molecule has 0 bridgehead atoms. The zero-order valence-electron chi connectivity index (χ0n) is 7.75. The Labute approximate surface area is 78.6 Å². The Balaban J connectivity index is 1.94. The maximum Gasteiger partial charge on any atom is 0.319 e. The van der Waals surface area contributed by atoms with Crippen LogP contribution in [0.2, 0.25) is 0 Å². The van der Waals surface area contributed by atoms with Crippen LogP contribution in [0.1, 0.15) is 32.1 Å². The minimum Gasteiger partial charge on any atom is -0.331 e. The Bertz CT molecular complexity index is 219. The van der Waals surface area contributed by atoms with Crippen molar-refractivity contribution in [2.75, 3.05) is 0 Å². The maximum absolute atomic E-state index is 11.0. The molecule has 1 aliphatic carbocycles. The van der Waals surface area contributed by atoms with Crippen LogP contribution in [-0.4, -0.2) is 12.1 Å². The van der Waals surface area contributed by atoms with Crippen LogP contribution in [0.5, 0.6) is 0 Å². The topological polar surface area (TPSA) is 41.1 Å². The minimum atomic E-state index is -0.0573. The van der Waals surface area contributed by atoms with Gasteiger partial charge in [-0.05, 0) is 24.8 Å². The Morgan fingerprint density at radius 2 is 2.00 bits per heavy atom. The van der Waals surface area contributed by atoms with Crippen LogP contribution in [0.15, 0.2) is 12.3 Å². The van der Waals surface area contributed by atoms with Crippen molar-refractivity contribution in [3.05, 3.63) is 12.3 Å². The highest BCUT2D eigenvalue weighted by Gasteiger charge is 2.24. The van der Waals surface area contributed by atoms with Crippen LogP contribution in [0.4, 0.5) is 4.79 Å². The molecule has 3 nitrogen and oxygen atoms in total. The van der Waals surface area contributed by atoms with E-state index in [1.165, 1.54) is 32.1 Å². The highest BCUT2D eigenvalue weighted by atomic mass is 16.2. The van der Waals surface area contributed by atoms with Crippen LogP contribution in [0.25, 0.3) is 0 Å². The van der Waals surface area contributed by atoms with Gasteiger partial charge in [0.05, 0.1) is 6.04 Å². The van der Waals surface area contributed by atoms with E-state index in [9.17, 15) is 4.79 Å². The predicted molar refractivity (Wildman–Crippen MR) is 51.2 cm³/mol. The van der Waals surface area contributed by atoms with Crippen LogP contribution in [0, 0.1) is 5.92 Å². The maximum atomic E-state index is 11.0. The second-order valence-corrected chi connectivity index (χ2v) is 3.90. The molecule has 0 saturated heterocycles. The van der Waals surface area contributed by atoms with Crippen molar-refractivity contribution in [2.24, 2.45) is 5.92 Å². The first-order valence-electron chi connectivity index (χ1n) is 5.10. The first-order valence-corrected chi connectivity index (χ1v) is 5.10. The molecule has 2 aliphatic rings. The number of urea groups is 1. The van der Waals surface area contributed by atoms with Gasteiger partial charge in [0.2, 0.25) is 0 Å². The molecule has 0 spiro atoms. The third kappa shape index (κ3) is 2.02. The van der Waals surface area contributed by atoms with Gasteiger partial charge in [0, 0.05) is 6.20 Å². The summed E-state index contributed by atoms with van der Waals surface area (Å²) in [6.07, 6.45) is 10.3. The summed E-state index contributed by atoms with van der Waals surface area (Å²) in [6, 6.07) is 0.215. The van der Waals surface area contributed by atoms with Crippen LogP contribution < -0.4 is 10.6 Å². The molecule has 72 valence electrons. The minimum absolute atomic E-state index is 0.0573. The van der Waals surface area contributed by atoms with Gasteiger partial charge in [0.25, 0.3) is 0 Å². The van der Waals surface area contributed by atoms with Crippen molar-refractivity contribution >= 4 is 6.03 Å². The van der Waals surface area contributed by atoms with Crippen molar-refractivity contribution in [2.45, 2.75) is 38.1 Å². The van der Waals surface area contributed by atoms with E-state index < -0.39 is 0 Å². The lowest BCUT2D eigenvalue weighted by Crippen LogP contribution is -2.46. The zero-order valence-corrected chi connectivity index (χ0v) is 7.75. The fraction of sp³-hybridized carbons (Fsp3) is 0.700. The molecule has 13 heavy (non-hydrogen) atoms. The third-order valence-electron chi connectivity index (χ3n) is 2.97. The summed E-state index contributed by atoms with van der Waals surface area (Å²) >= 11 is 0. The summed E-state index contributed by atoms with van der Waals surface area (Å²) in [5.41, 5.74) is 0. The smallest absolute Gasteiger partial charge is 0.319 e. The molecular formula is C10H16N2O. The Kier molecular flexibility index (Phi) is 2.52. The number of rotatable bonds is 1. The molecule has 1 heterocycles. The molecule has 0 aromatic rings. The van der Waals surface area contributed by atoms with Crippen molar-refractivity contribution in [3.8, 4) is 0 Å². The Morgan fingerprint density at radius 1 is 1.23 bits per heavy atom. The quantitative estimate of drug-likeness (QED) is 0.634. The average molecular weight is 180 g/mol. The van der Waals surface area contributed by atoms with E-state index in [2.05, 4.69) is 16.7 Å². The van der Waals surface area contributed by atoms with Gasteiger partial charge in [0.15, 0.2) is 0 Å². The number of hydrogen-bond donors (Lipinski definition) is 2. The SMILES string of the molecule is O=C1NC=CC(C2CCCCC2)N1. The molecule has 1 saturated carbocycles. The van der Waals surface area contributed by atoms with E-state index >= 15 is 0 Å². The molecular weight excluding hydrogens is 164 g/mol. The monoisotopic (exact) mass is 180 g/mol. The molecule has 2 amide bonds. The lowest BCUT2D eigenvalue weighted by atomic mass is 9.83. The Morgan fingerprint density at radius 3 is 2.69 bits per heavy atom. The van der Waals surface area contributed by atoms with Crippen LogP contribution in [-0.2, 0) is 0 Å². The largest absolute Gasteiger partial charge is 0.331 e. The van der Waals surface area contributed by atoms with Gasteiger partial charge >= 0.3 is 6.03 Å². The summed E-state index contributed by atoms with van der Waals surface area (Å²) < 4.78 is 0. The second-order valence-electron chi connectivity index (χ2n) is 3.90. The van der Waals surface area contributed by atoms with Crippen LogP contribution in [0.3, 0.4) is 0 Å². The Hall–Kier alpha value is -0.990. The van der Waals surface area contributed by atoms with Gasteiger partial charge in [0.1, 0.15) is 0 Å². The standard InChI is InChI=1S/C10H16N2O/c13-10-11-7-6-9(12-10)8-4-2-1-3-5-8/h6-9H,1-5H2,(H2,11,12,13).